The Morgan fingerprint density at radius 2 is 2.05 bits per heavy atom. The van der Waals surface area contributed by atoms with Gasteiger partial charge >= 0.3 is 131 Å². The van der Waals surface area contributed by atoms with Crippen molar-refractivity contribution in [3.8, 4) is 0 Å². The van der Waals surface area contributed by atoms with Gasteiger partial charge in [0, 0.05) is 0 Å². The molecule has 1 fully saturated rings. The third kappa shape index (κ3) is 3.64. The maximum absolute atomic E-state index is 12.3. The Balaban J connectivity index is 2.09. The summed E-state index contributed by atoms with van der Waals surface area (Å²) in [5, 5.41) is -0.0317. The molecule has 0 N–H and O–H groups in total. The summed E-state index contributed by atoms with van der Waals surface area (Å²) in [4.78, 5) is 12.4. The Morgan fingerprint density at radius 1 is 1.37 bits per heavy atom. The quantitative estimate of drug-likeness (QED) is 0.594. The molecule has 1 aromatic rings. The predicted octanol–water partition coefficient (Wildman–Crippen LogP) is 3.53. The van der Waals surface area contributed by atoms with Gasteiger partial charge in [-0.2, -0.15) is 0 Å². The molecular formula is C15H16Cl2OSe. The Bertz CT molecular complexity index is 474. The zero-order valence-electron chi connectivity index (χ0n) is 10.7. The van der Waals surface area contributed by atoms with Crippen molar-refractivity contribution in [2.75, 3.05) is 0 Å². The van der Waals surface area contributed by atoms with E-state index in [9.17, 15) is 4.79 Å². The number of halogens is 2. The van der Waals surface area contributed by atoms with Crippen LogP contribution in [-0.2, 0) is 4.79 Å². The van der Waals surface area contributed by atoms with E-state index in [0.29, 0.717) is 12.2 Å². The molecule has 0 bridgehead atoms. The van der Waals surface area contributed by atoms with E-state index in [4.69, 9.17) is 23.2 Å². The molecule has 3 atom stereocenters. The fraction of sp³-hybridized carbons (Fsp3) is 0.400. The van der Waals surface area contributed by atoms with Crippen LogP contribution in [0.25, 0.3) is 0 Å². The van der Waals surface area contributed by atoms with Crippen molar-refractivity contribution in [2.45, 2.75) is 30.0 Å². The second-order valence-electron chi connectivity index (χ2n) is 5.06. The topological polar surface area (TPSA) is 17.1 Å². The van der Waals surface area contributed by atoms with E-state index in [1.165, 1.54) is 10.00 Å². The standard InChI is InChI=1S/C15H16Cl2OSe/c1-15(7-8-16)10-12(18)13(9-14(15)17)19-11-5-3-2-4-6-11/h2-8,13-14H,9-10H2,1H3/b8-7+/t13-,14-,15+/m1/s1. The molecule has 0 unspecified atom stereocenters. The summed E-state index contributed by atoms with van der Waals surface area (Å²) in [7, 11) is 0. The van der Waals surface area contributed by atoms with Gasteiger partial charge in [0.05, 0.1) is 0 Å². The van der Waals surface area contributed by atoms with E-state index in [1.54, 1.807) is 0 Å². The van der Waals surface area contributed by atoms with Crippen molar-refractivity contribution in [1.29, 1.82) is 0 Å². The van der Waals surface area contributed by atoms with Crippen LogP contribution in [0, 0.1) is 5.41 Å². The van der Waals surface area contributed by atoms with Crippen molar-refractivity contribution in [3.05, 3.63) is 41.9 Å². The van der Waals surface area contributed by atoms with Crippen LogP contribution in [-0.4, -0.2) is 26.1 Å². The molecule has 102 valence electrons. The van der Waals surface area contributed by atoms with Gasteiger partial charge in [-0.15, -0.1) is 0 Å². The fourth-order valence-corrected chi connectivity index (χ4v) is 5.53. The van der Waals surface area contributed by atoms with Gasteiger partial charge < -0.3 is 0 Å². The normalized spacial score (nSPS) is 31.8. The van der Waals surface area contributed by atoms with Crippen LogP contribution in [0.2, 0.25) is 4.82 Å². The Kier molecular flexibility index (Phi) is 5.14. The van der Waals surface area contributed by atoms with Crippen molar-refractivity contribution in [1.82, 2.24) is 0 Å². The van der Waals surface area contributed by atoms with Gasteiger partial charge in [0.2, 0.25) is 0 Å². The Labute approximate surface area is 130 Å². The fourth-order valence-electron chi connectivity index (χ4n) is 2.27. The first-order valence-corrected chi connectivity index (χ1v) is 8.93. The number of carbonyl (C=O) groups excluding carboxylic acids is 1. The molecule has 0 radical (unpaired) electrons. The van der Waals surface area contributed by atoms with Crippen LogP contribution < -0.4 is 4.46 Å². The zero-order chi connectivity index (χ0) is 13.9. The summed E-state index contributed by atoms with van der Waals surface area (Å²) in [6, 6.07) is 10.2. The molecule has 0 aromatic heterocycles. The molecule has 19 heavy (non-hydrogen) atoms. The van der Waals surface area contributed by atoms with Crippen molar-refractivity contribution >= 4 is 48.4 Å². The third-order valence-corrected chi connectivity index (χ3v) is 7.01. The number of hydrogen-bond donors (Lipinski definition) is 0. The van der Waals surface area contributed by atoms with Crippen molar-refractivity contribution in [3.63, 3.8) is 0 Å². The van der Waals surface area contributed by atoms with Gasteiger partial charge in [-0.05, 0) is 0 Å². The summed E-state index contributed by atoms with van der Waals surface area (Å²) in [6.45, 7) is 2.01. The summed E-state index contributed by atoms with van der Waals surface area (Å²) in [6.07, 6.45) is 3.09. The molecule has 4 heteroatoms. The van der Waals surface area contributed by atoms with E-state index in [0.717, 1.165) is 6.42 Å². The average Bonchev–Trinajstić information content (AvgIpc) is 2.37. The van der Waals surface area contributed by atoms with E-state index in [-0.39, 0.29) is 30.6 Å². The summed E-state index contributed by atoms with van der Waals surface area (Å²) in [5.74, 6) is 0.318. The number of benzene rings is 1. The van der Waals surface area contributed by atoms with Gasteiger partial charge in [0.1, 0.15) is 0 Å². The van der Waals surface area contributed by atoms with Gasteiger partial charge in [0.15, 0.2) is 0 Å². The van der Waals surface area contributed by atoms with E-state index >= 15 is 0 Å². The molecule has 1 aromatic carbocycles. The Morgan fingerprint density at radius 3 is 2.68 bits per heavy atom. The molecule has 2 rings (SSSR count). The van der Waals surface area contributed by atoms with Gasteiger partial charge in [0.25, 0.3) is 0 Å². The first-order valence-electron chi connectivity index (χ1n) is 6.21. The minimum atomic E-state index is -0.302. The molecule has 1 nitrogen and oxygen atoms in total. The van der Waals surface area contributed by atoms with E-state index in [1.807, 2.05) is 31.2 Å². The number of hydrogen-bond acceptors (Lipinski definition) is 1. The van der Waals surface area contributed by atoms with Crippen LogP contribution in [0.3, 0.4) is 0 Å². The number of alkyl halides is 1. The molecule has 0 spiro atoms. The second-order valence-corrected chi connectivity index (χ2v) is 8.52. The minimum absolute atomic E-state index is 0.0317. The maximum atomic E-state index is 12.3. The predicted molar refractivity (Wildman–Crippen MR) is 82.6 cm³/mol. The Hall–Kier alpha value is -0.271. The summed E-state index contributed by atoms with van der Waals surface area (Å²) < 4.78 is 1.26. The van der Waals surface area contributed by atoms with Crippen LogP contribution >= 0.6 is 23.2 Å². The molecule has 1 saturated carbocycles. The first-order chi connectivity index (χ1) is 9.05. The van der Waals surface area contributed by atoms with Gasteiger partial charge in [-0.1, -0.05) is 0 Å². The molecular weight excluding hydrogens is 346 g/mol. The van der Waals surface area contributed by atoms with Gasteiger partial charge in [-0.25, -0.2) is 0 Å². The third-order valence-electron chi connectivity index (χ3n) is 3.52. The van der Waals surface area contributed by atoms with Crippen LogP contribution in [0.1, 0.15) is 19.8 Å². The number of ketones is 1. The van der Waals surface area contributed by atoms with Crippen molar-refractivity contribution in [2.24, 2.45) is 5.41 Å². The molecule has 0 aliphatic heterocycles. The van der Waals surface area contributed by atoms with Crippen LogP contribution in [0.5, 0.6) is 0 Å². The summed E-state index contributed by atoms with van der Waals surface area (Å²) in [5.41, 5.74) is 1.18. The monoisotopic (exact) mass is 362 g/mol. The SMILES string of the molecule is C[C@]1(/C=C/Cl)CC(=O)[C@H]([Se]c2ccccc2)C[C@H]1Cl. The number of allylic oxidation sites excluding steroid dienone is 1. The molecule has 0 amide bonds. The summed E-state index contributed by atoms with van der Waals surface area (Å²) >= 11 is 12.3. The average molecular weight is 362 g/mol. The van der Waals surface area contributed by atoms with Gasteiger partial charge in [-0.3, -0.25) is 0 Å². The molecule has 0 saturated heterocycles. The van der Waals surface area contributed by atoms with E-state index in [2.05, 4.69) is 12.1 Å². The van der Waals surface area contributed by atoms with E-state index < -0.39 is 0 Å². The van der Waals surface area contributed by atoms with Crippen LogP contribution in [0.4, 0.5) is 0 Å². The second kappa shape index (κ2) is 6.45. The molecule has 1 aliphatic rings. The molecule has 0 heterocycles. The zero-order valence-corrected chi connectivity index (χ0v) is 13.9. The number of Topliss-reactive ketones (excluding diaryl/α,β-unsaturated/α-hetero) is 1. The number of carbonyl (C=O) groups is 1. The first kappa shape index (κ1) is 15.1. The van der Waals surface area contributed by atoms with Crippen LogP contribution in [0.15, 0.2) is 41.9 Å². The van der Waals surface area contributed by atoms with Crippen molar-refractivity contribution < 1.29 is 4.79 Å². The molecule has 1 aliphatic carbocycles. The number of rotatable bonds is 3.